The van der Waals surface area contributed by atoms with Crippen LogP contribution in [-0.4, -0.2) is 29.2 Å². The van der Waals surface area contributed by atoms with Gasteiger partial charge in [-0.2, -0.15) is 5.10 Å². The summed E-state index contributed by atoms with van der Waals surface area (Å²) in [6.07, 6.45) is 4.28. The smallest absolute Gasteiger partial charge is 0.262 e. The molecule has 1 aliphatic carbocycles. The third kappa shape index (κ3) is 4.63. The highest BCUT2D eigenvalue weighted by Crippen LogP contribution is 2.35. The Hall–Kier alpha value is -3.21. The Morgan fingerprint density at radius 1 is 1.25 bits per heavy atom. The number of ether oxygens (including phenoxy) is 1. The third-order valence-electron chi connectivity index (χ3n) is 6.05. The number of sulfonamides is 1. The molecule has 11 heteroatoms. The molecule has 4 aromatic rings. The SMILES string of the molecule is Cc1cc([C@@H](C)Oc2ccc(Cl)nc2S(=O)(=O)NC2CC2)c2oc(-c3cnn(C)c3)c(C)c(=O)c2c1. The number of rotatable bonds is 7. The number of aromatic nitrogens is 3. The van der Waals surface area contributed by atoms with Crippen LogP contribution in [0.4, 0.5) is 0 Å². The zero-order chi connectivity index (χ0) is 25.8. The molecule has 0 radical (unpaired) electrons. The molecular formula is C25H25ClN4O5S. The monoisotopic (exact) mass is 528 g/mol. The summed E-state index contributed by atoms with van der Waals surface area (Å²) in [5.74, 6) is 0.472. The van der Waals surface area contributed by atoms with Gasteiger partial charge in [0.25, 0.3) is 10.0 Å². The van der Waals surface area contributed by atoms with Crippen LogP contribution in [0.2, 0.25) is 5.15 Å². The predicted octanol–water partition coefficient (Wildman–Crippen LogP) is 4.44. The molecule has 36 heavy (non-hydrogen) atoms. The van der Waals surface area contributed by atoms with Gasteiger partial charge in [-0.15, -0.1) is 0 Å². The fraction of sp³-hybridized carbons (Fsp3) is 0.320. The minimum absolute atomic E-state index is 0.0368. The molecule has 1 N–H and O–H groups in total. The van der Waals surface area contributed by atoms with E-state index in [1.165, 1.54) is 12.1 Å². The number of nitrogens with one attached hydrogen (secondary N) is 1. The summed E-state index contributed by atoms with van der Waals surface area (Å²) in [7, 11) is -2.15. The Bertz CT molecular complexity index is 1660. The summed E-state index contributed by atoms with van der Waals surface area (Å²) in [6.45, 7) is 5.36. The van der Waals surface area contributed by atoms with Crippen LogP contribution < -0.4 is 14.9 Å². The maximum absolute atomic E-state index is 13.3. The fourth-order valence-corrected chi connectivity index (χ4v) is 5.68. The van der Waals surface area contributed by atoms with Crippen molar-refractivity contribution in [2.75, 3.05) is 0 Å². The standard InChI is InChI=1S/C25H25ClN4O5S/c1-13-9-18(24-19(10-13)22(31)14(2)23(35-24)16-11-27-30(4)12-16)15(3)34-20-7-8-21(26)28-25(20)36(32,33)29-17-5-6-17/h7-12,15,17,29H,5-6H2,1-4H3/t15-/m1/s1. The largest absolute Gasteiger partial charge is 0.483 e. The average Bonchev–Trinajstić information content (AvgIpc) is 3.52. The van der Waals surface area contributed by atoms with Crippen molar-refractivity contribution < 1.29 is 17.6 Å². The second kappa shape index (κ2) is 9.02. The zero-order valence-corrected chi connectivity index (χ0v) is 21.8. The van der Waals surface area contributed by atoms with Crippen LogP contribution in [0.25, 0.3) is 22.3 Å². The van der Waals surface area contributed by atoms with Crippen molar-refractivity contribution in [3.05, 3.63) is 68.7 Å². The van der Waals surface area contributed by atoms with Gasteiger partial charge in [0.2, 0.25) is 5.03 Å². The quantitative estimate of drug-likeness (QED) is 0.352. The van der Waals surface area contributed by atoms with Gasteiger partial charge in [0.05, 0.1) is 17.1 Å². The number of fused-ring (bicyclic) bond motifs is 1. The van der Waals surface area contributed by atoms with E-state index in [1.807, 2.05) is 13.0 Å². The Kier molecular flexibility index (Phi) is 6.14. The van der Waals surface area contributed by atoms with E-state index < -0.39 is 16.1 Å². The van der Waals surface area contributed by atoms with Crippen molar-refractivity contribution in [1.82, 2.24) is 19.5 Å². The molecule has 3 heterocycles. The molecule has 5 rings (SSSR count). The summed E-state index contributed by atoms with van der Waals surface area (Å²) in [4.78, 5) is 17.3. The summed E-state index contributed by atoms with van der Waals surface area (Å²) in [6, 6.07) is 6.48. The van der Waals surface area contributed by atoms with Gasteiger partial charge in [0.1, 0.15) is 22.6 Å². The third-order valence-corrected chi connectivity index (χ3v) is 7.70. The maximum atomic E-state index is 13.3. The molecule has 0 saturated heterocycles. The fourth-order valence-electron chi connectivity index (χ4n) is 4.10. The molecule has 0 unspecified atom stereocenters. The lowest BCUT2D eigenvalue weighted by atomic mass is 10.0. The Morgan fingerprint density at radius 2 is 2.00 bits per heavy atom. The first-order valence-electron chi connectivity index (χ1n) is 11.5. The Balaban J connectivity index is 1.61. The second-order valence-corrected chi connectivity index (χ2v) is 11.1. The lowest BCUT2D eigenvalue weighted by molar-refractivity contribution is 0.219. The molecule has 0 amide bonds. The van der Waals surface area contributed by atoms with Gasteiger partial charge in [-0.05, 0) is 63.4 Å². The topological polar surface area (TPSA) is 116 Å². The molecule has 0 spiro atoms. The average molecular weight is 529 g/mol. The van der Waals surface area contributed by atoms with Crippen molar-refractivity contribution in [1.29, 1.82) is 0 Å². The summed E-state index contributed by atoms with van der Waals surface area (Å²) < 4.78 is 42.6. The van der Waals surface area contributed by atoms with E-state index in [1.54, 1.807) is 44.0 Å². The summed E-state index contributed by atoms with van der Waals surface area (Å²) in [5, 5.41) is 4.36. The lowest BCUT2D eigenvalue weighted by Gasteiger charge is -2.19. The number of aryl methyl sites for hydroxylation is 2. The molecular weight excluding hydrogens is 504 g/mol. The molecule has 9 nitrogen and oxygen atoms in total. The van der Waals surface area contributed by atoms with Gasteiger partial charge in [-0.25, -0.2) is 18.1 Å². The maximum Gasteiger partial charge on any atom is 0.262 e. The summed E-state index contributed by atoms with van der Waals surface area (Å²) in [5.41, 5.74) is 2.80. The molecule has 1 aliphatic rings. The van der Waals surface area contributed by atoms with E-state index >= 15 is 0 Å². The van der Waals surface area contributed by atoms with Crippen LogP contribution >= 0.6 is 11.6 Å². The molecule has 0 bridgehead atoms. The highest BCUT2D eigenvalue weighted by atomic mass is 35.5. The first kappa shape index (κ1) is 24.5. The van der Waals surface area contributed by atoms with Crippen molar-refractivity contribution in [3.63, 3.8) is 0 Å². The number of halogens is 1. The van der Waals surface area contributed by atoms with Crippen molar-refractivity contribution in [3.8, 4) is 17.1 Å². The van der Waals surface area contributed by atoms with E-state index in [-0.39, 0.29) is 27.4 Å². The van der Waals surface area contributed by atoms with Crippen molar-refractivity contribution in [2.24, 2.45) is 7.05 Å². The molecule has 0 aliphatic heterocycles. The number of nitrogens with zero attached hydrogens (tertiary/aromatic N) is 3. The normalized spacial score (nSPS) is 14.8. The molecule has 3 aromatic heterocycles. The number of pyridine rings is 1. The first-order chi connectivity index (χ1) is 17.0. The Morgan fingerprint density at radius 3 is 2.67 bits per heavy atom. The van der Waals surface area contributed by atoms with Gasteiger partial charge in [-0.1, -0.05) is 11.6 Å². The predicted molar refractivity (Wildman–Crippen MR) is 136 cm³/mol. The number of hydrogen-bond acceptors (Lipinski definition) is 7. The molecule has 1 atom stereocenters. The lowest BCUT2D eigenvalue weighted by Crippen LogP contribution is -2.27. The highest BCUT2D eigenvalue weighted by Gasteiger charge is 2.32. The second-order valence-electron chi connectivity index (χ2n) is 9.11. The van der Waals surface area contributed by atoms with Gasteiger partial charge < -0.3 is 9.15 Å². The Labute approximate surface area is 213 Å². The van der Waals surface area contributed by atoms with Crippen LogP contribution in [0.3, 0.4) is 0 Å². The van der Waals surface area contributed by atoms with E-state index in [0.717, 1.165) is 18.4 Å². The van der Waals surface area contributed by atoms with Gasteiger partial charge >= 0.3 is 0 Å². The van der Waals surface area contributed by atoms with Gasteiger partial charge in [-0.3, -0.25) is 9.48 Å². The van der Waals surface area contributed by atoms with E-state index in [9.17, 15) is 13.2 Å². The van der Waals surface area contributed by atoms with E-state index in [2.05, 4.69) is 14.8 Å². The van der Waals surface area contributed by atoms with Crippen LogP contribution in [0.15, 0.2) is 50.9 Å². The molecule has 1 saturated carbocycles. The summed E-state index contributed by atoms with van der Waals surface area (Å²) >= 11 is 6.02. The number of hydrogen-bond donors (Lipinski definition) is 1. The van der Waals surface area contributed by atoms with Gasteiger partial charge in [0.15, 0.2) is 11.2 Å². The van der Waals surface area contributed by atoms with Crippen LogP contribution in [0.5, 0.6) is 5.75 Å². The molecule has 1 fully saturated rings. The molecule has 1 aromatic carbocycles. The van der Waals surface area contributed by atoms with Crippen molar-refractivity contribution in [2.45, 2.75) is 50.8 Å². The van der Waals surface area contributed by atoms with Crippen LogP contribution in [-0.2, 0) is 17.1 Å². The minimum Gasteiger partial charge on any atom is -0.483 e. The van der Waals surface area contributed by atoms with E-state index in [0.29, 0.717) is 33.4 Å². The van der Waals surface area contributed by atoms with Crippen LogP contribution in [0.1, 0.15) is 42.6 Å². The van der Waals surface area contributed by atoms with Gasteiger partial charge in [0, 0.05) is 30.4 Å². The number of benzene rings is 1. The van der Waals surface area contributed by atoms with E-state index in [4.69, 9.17) is 20.8 Å². The first-order valence-corrected chi connectivity index (χ1v) is 13.3. The highest BCUT2D eigenvalue weighted by molar-refractivity contribution is 7.89. The minimum atomic E-state index is -3.93. The molecule has 188 valence electrons. The zero-order valence-electron chi connectivity index (χ0n) is 20.2. The van der Waals surface area contributed by atoms with Crippen molar-refractivity contribution >= 4 is 32.6 Å². The van der Waals surface area contributed by atoms with Crippen LogP contribution in [0, 0.1) is 13.8 Å².